The molecule has 0 spiro atoms. The first-order valence-electron chi connectivity index (χ1n) is 8.54. The summed E-state index contributed by atoms with van der Waals surface area (Å²) in [6.07, 6.45) is 1.28. The van der Waals surface area contributed by atoms with Crippen LogP contribution >= 0.6 is 0 Å². The second kappa shape index (κ2) is 7.99. The molecule has 122 valence electrons. The molecule has 1 saturated carbocycles. The summed E-state index contributed by atoms with van der Waals surface area (Å²) in [4.78, 5) is 9.44. The van der Waals surface area contributed by atoms with E-state index in [9.17, 15) is 0 Å². The number of likely N-dealkylation sites (N-methyl/N-ethyl adjacent to an activating group) is 1. The molecule has 3 unspecified atom stereocenters. The van der Waals surface area contributed by atoms with Crippen LogP contribution in [0, 0.1) is 11.8 Å². The predicted molar refractivity (Wildman–Crippen MR) is 89.8 cm³/mol. The minimum Gasteiger partial charge on any atom is -0.356 e. The lowest BCUT2D eigenvalue weighted by atomic mass is 10.1. The molecule has 5 nitrogen and oxygen atoms in total. The van der Waals surface area contributed by atoms with Gasteiger partial charge in [-0.2, -0.15) is 0 Å². The number of nitrogens with one attached hydrogen (secondary N) is 2. The Hall–Kier alpha value is -0.810. The molecule has 0 aromatic carbocycles. The van der Waals surface area contributed by atoms with E-state index in [4.69, 9.17) is 0 Å². The Balaban J connectivity index is 1.61. The Morgan fingerprint density at radius 3 is 2.38 bits per heavy atom. The SMILES string of the molecule is CCN1CCN(CC(C)CNC(=NC)NC2CC2C)CC1. The highest BCUT2D eigenvalue weighted by Crippen LogP contribution is 2.28. The highest BCUT2D eigenvalue weighted by Gasteiger charge is 2.33. The number of hydrogen-bond acceptors (Lipinski definition) is 3. The normalized spacial score (nSPS) is 29.2. The Morgan fingerprint density at radius 2 is 1.86 bits per heavy atom. The third-order valence-corrected chi connectivity index (χ3v) is 4.76. The van der Waals surface area contributed by atoms with Gasteiger partial charge in [-0.15, -0.1) is 0 Å². The minimum absolute atomic E-state index is 0.633. The molecule has 2 rings (SSSR count). The molecule has 1 saturated heterocycles. The molecule has 2 aliphatic rings. The van der Waals surface area contributed by atoms with E-state index in [0.29, 0.717) is 12.0 Å². The molecular formula is C16H33N5. The first-order chi connectivity index (χ1) is 10.1. The number of piperazine rings is 1. The molecule has 1 aliphatic heterocycles. The van der Waals surface area contributed by atoms with Gasteiger partial charge in [0.15, 0.2) is 5.96 Å². The van der Waals surface area contributed by atoms with E-state index < -0.39 is 0 Å². The van der Waals surface area contributed by atoms with E-state index in [2.05, 4.69) is 46.2 Å². The second-order valence-electron chi connectivity index (χ2n) is 6.76. The number of hydrogen-bond donors (Lipinski definition) is 2. The fourth-order valence-corrected chi connectivity index (χ4v) is 2.96. The van der Waals surface area contributed by atoms with Gasteiger partial charge in [0.2, 0.25) is 0 Å². The zero-order valence-corrected chi connectivity index (χ0v) is 14.2. The van der Waals surface area contributed by atoms with E-state index >= 15 is 0 Å². The van der Waals surface area contributed by atoms with Crippen LogP contribution < -0.4 is 10.6 Å². The predicted octanol–water partition coefficient (Wildman–Crippen LogP) is 0.833. The lowest BCUT2D eigenvalue weighted by molar-refractivity contribution is 0.124. The largest absolute Gasteiger partial charge is 0.356 e. The lowest BCUT2D eigenvalue weighted by Gasteiger charge is -2.35. The molecule has 5 heteroatoms. The first-order valence-corrected chi connectivity index (χ1v) is 8.54. The molecule has 0 radical (unpaired) electrons. The quantitative estimate of drug-likeness (QED) is 0.563. The number of aliphatic imine (C=N–C) groups is 1. The molecule has 2 N–H and O–H groups in total. The van der Waals surface area contributed by atoms with Crippen molar-refractivity contribution in [2.75, 3.05) is 52.9 Å². The van der Waals surface area contributed by atoms with Crippen LogP contribution in [0.2, 0.25) is 0 Å². The molecule has 0 aromatic rings. The van der Waals surface area contributed by atoms with Gasteiger partial charge in [-0.05, 0) is 24.8 Å². The van der Waals surface area contributed by atoms with Crippen molar-refractivity contribution >= 4 is 5.96 Å². The Labute approximate surface area is 130 Å². The summed E-state index contributed by atoms with van der Waals surface area (Å²) >= 11 is 0. The topological polar surface area (TPSA) is 42.9 Å². The van der Waals surface area contributed by atoms with Crippen molar-refractivity contribution in [3.63, 3.8) is 0 Å². The van der Waals surface area contributed by atoms with Gasteiger partial charge in [0.1, 0.15) is 0 Å². The van der Waals surface area contributed by atoms with Crippen LogP contribution in [0.1, 0.15) is 27.2 Å². The van der Waals surface area contributed by atoms with Crippen LogP contribution in [-0.4, -0.2) is 74.7 Å². The highest BCUT2D eigenvalue weighted by molar-refractivity contribution is 5.80. The van der Waals surface area contributed by atoms with Gasteiger partial charge in [0.25, 0.3) is 0 Å². The average molecular weight is 295 g/mol. The van der Waals surface area contributed by atoms with Crippen LogP contribution in [0.3, 0.4) is 0 Å². The van der Waals surface area contributed by atoms with Crippen LogP contribution in [0.15, 0.2) is 4.99 Å². The van der Waals surface area contributed by atoms with Gasteiger partial charge in [-0.1, -0.05) is 20.8 Å². The maximum absolute atomic E-state index is 4.32. The number of rotatable bonds is 6. The van der Waals surface area contributed by atoms with Gasteiger partial charge in [-0.3, -0.25) is 4.99 Å². The molecular weight excluding hydrogens is 262 g/mol. The van der Waals surface area contributed by atoms with E-state index in [1.54, 1.807) is 0 Å². The van der Waals surface area contributed by atoms with Crippen LogP contribution in [0.25, 0.3) is 0 Å². The van der Waals surface area contributed by atoms with Gasteiger partial charge in [0.05, 0.1) is 0 Å². The van der Waals surface area contributed by atoms with Crippen LogP contribution in [0.4, 0.5) is 0 Å². The third kappa shape index (κ3) is 5.47. The van der Waals surface area contributed by atoms with E-state index in [-0.39, 0.29) is 0 Å². The summed E-state index contributed by atoms with van der Waals surface area (Å²) in [5, 5.41) is 6.95. The molecule has 0 amide bonds. The highest BCUT2D eigenvalue weighted by atomic mass is 15.3. The third-order valence-electron chi connectivity index (χ3n) is 4.76. The number of nitrogens with zero attached hydrogens (tertiary/aromatic N) is 3. The maximum Gasteiger partial charge on any atom is 0.191 e. The molecule has 0 bridgehead atoms. The van der Waals surface area contributed by atoms with Crippen molar-refractivity contribution in [2.24, 2.45) is 16.8 Å². The molecule has 1 aliphatic carbocycles. The standard InChI is InChI=1S/C16H33N5/c1-5-20-6-8-21(9-7-20)12-13(2)11-18-16(17-4)19-15-10-14(15)3/h13-15H,5-12H2,1-4H3,(H2,17,18,19). The molecule has 1 heterocycles. The molecule has 21 heavy (non-hydrogen) atoms. The van der Waals surface area contributed by atoms with Crippen molar-refractivity contribution < 1.29 is 0 Å². The number of guanidine groups is 1. The summed E-state index contributed by atoms with van der Waals surface area (Å²) in [5.74, 6) is 2.41. The van der Waals surface area contributed by atoms with Crippen molar-refractivity contribution in [1.29, 1.82) is 0 Å². The zero-order chi connectivity index (χ0) is 15.2. The fourth-order valence-electron chi connectivity index (χ4n) is 2.96. The Kier molecular flexibility index (Phi) is 6.30. The van der Waals surface area contributed by atoms with Gasteiger partial charge < -0.3 is 20.4 Å². The van der Waals surface area contributed by atoms with Crippen molar-refractivity contribution in [3.05, 3.63) is 0 Å². The summed E-state index contributed by atoms with van der Waals surface area (Å²) < 4.78 is 0. The van der Waals surface area contributed by atoms with Gasteiger partial charge in [-0.25, -0.2) is 0 Å². The summed E-state index contributed by atoms with van der Waals surface area (Å²) in [5.41, 5.74) is 0. The Morgan fingerprint density at radius 1 is 1.24 bits per heavy atom. The summed E-state index contributed by atoms with van der Waals surface area (Å²) in [6, 6.07) is 0.633. The van der Waals surface area contributed by atoms with Crippen LogP contribution in [0.5, 0.6) is 0 Å². The fraction of sp³-hybridized carbons (Fsp3) is 0.938. The first kappa shape index (κ1) is 16.6. The summed E-state index contributed by atoms with van der Waals surface area (Å²) in [6.45, 7) is 15.1. The van der Waals surface area contributed by atoms with Crippen molar-refractivity contribution in [2.45, 2.75) is 33.2 Å². The molecule has 0 aromatic heterocycles. The molecule has 2 fully saturated rings. The smallest absolute Gasteiger partial charge is 0.191 e. The van der Waals surface area contributed by atoms with E-state index in [1.807, 2.05) is 7.05 Å². The minimum atomic E-state index is 0.633. The van der Waals surface area contributed by atoms with Gasteiger partial charge >= 0.3 is 0 Å². The van der Waals surface area contributed by atoms with Crippen LogP contribution in [-0.2, 0) is 0 Å². The molecule has 3 atom stereocenters. The average Bonchev–Trinajstić information content (AvgIpc) is 3.19. The summed E-state index contributed by atoms with van der Waals surface area (Å²) in [7, 11) is 1.86. The van der Waals surface area contributed by atoms with Crippen molar-refractivity contribution in [3.8, 4) is 0 Å². The second-order valence-corrected chi connectivity index (χ2v) is 6.76. The van der Waals surface area contributed by atoms with Gasteiger partial charge in [0, 0.05) is 52.4 Å². The van der Waals surface area contributed by atoms with Crippen molar-refractivity contribution in [1.82, 2.24) is 20.4 Å². The maximum atomic E-state index is 4.32. The van der Waals surface area contributed by atoms with E-state index in [1.165, 1.54) is 45.7 Å². The zero-order valence-electron chi connectivity index (χ0n) is 14.2. The monoisotopic (exact) mass is 295 g/mol. The Bertz CT molecular complexity index is 336. The lowest BCUT2D eigenvalue weighted by Crippen LogP contribution is -2.48. The van der Waals surface area contributed by atoms with E-state index in [0.717, 1.165) is 18.4 Å².